The second kappa shape index (κ2) is 5.97. The van der Waals surface area contributed by atoms with Gasteiger partial charge in [-0.3, -0.25) is 14.4 Å². The van der Waals surface area contributed by atoms with Gasteiger partial charge in [-0.2, -0.15) is 0 Å². The molecule has 0 radical (unpaired) electrons. The molecular weight excluding hydrogens is 328 g/mol. The molecule has 3 N–H and O–H groups in total. The average molecular weight is 342 g/mol. The summed E-state index contributed by atoms with van der Waals surface area (Å²) in [7, 11) is 0. The second-order valence-corrected chi connectivity index (χ2v) is 5.97. The summed E-state index contributed by atoms with van der Waals surface area (Å²) in [6, 6.07) is 18.4. The zero-order valence-electron chi connectivity index (χ0n) is 13.7. The predicted octanol–water partition coefficient (Wildman–Crippen LogP) is 3.30. The normalized spacial score (nSPS) is 12.3. The summed E-state index contributed by atoms with van der Waals surface area (Å²) in [5.74, 6) is -0.904. The van der Waals surface area contributed by atoms with Gasteiger partial charge in [-0.1, -0.05) is 42.5 Å². The molecule has 0 atom stereocenters. The van der Waals surface area contributed by atoms with Crippen LogP contribution in [-0.2, 0) is 0 Å². The molecule has 1 aliphatic carbocycles. The summed E-state index contributed by atoms with van der Waals surface area (Å²) in [6.07, 6.45) is 0. The molecule has 3 aromatic carbocycles. The number of nitrogens with one attached hydrogen (secondary N) is 1. The average Bonchev–Trinajstić information content (AvgIpc) is 2.68. The molecule has 0 heterocycles. The monoisotopic (exact) mass is 342 g/mol. The highest BCUT2D eigenvalue weighted by atomic mass is 16.2. The first-order valence-corrected chi connectivity index (χ1v) is 8.05. The lowest BCUT2D eigenvalue weighted by Crippen LogP contribution is -2.23. The Hall–Kier alpha value is -3.73. The number of hydrogen-bond acceptors (Lipinski definition) is 4. The topological polar surface area (TPSA) is 89.3 Å². The molecule has 5 nitrogen and oxygen atoms in total. The van der Waals surface area contributed by atoms with E-state index in [1.165, 1.54) is 6.07 Å². The zero-order valence-corrected chi connectivity index (χ0v) is 13.7. The summed E-state index contributed by atoms with van der Waals surface area (Å²) in [5, 5.41) is 2.71. The largest absolute Gasteiger partial charge is 0.396 e. The van der Waals surface area contributed by atoms with E-state index in [0.717, 1.165) is 0 Å². The molecule has 0 aliphatic heterocycles. The third-order valence-electron chi connectivity index (χ3n) is 4.42. The molecule has 0 aromatic heterocycles. The second-order valence-electron chi connectivity index (χ2n) is 5.97. The van der Waals surface area contributed by atoms with Gasteiger partial charge in [0.25, 0.3) is 5.91 Å². The first-order chi connectivity index (χ1) is 12.6. The predicted molar refractivity (Wildman–Crippen MR) is 98.6 cm³/mol. The quantitative estimate of drug-likeness (QED) is 0.547. The zero-order chi connectivity index (χ0) is 18.3. The van der Waals surface area contributed by atoms with Crippen LogP contribution in [0.15, 0.2) is 66.7 Å². The van der Waals surface area contributed by atoms with Gasteiger partial charge < -0.3 is 11.1 Å². The van der Waals surface area contributed by atoms with Crippen molar-refractivity contribution in [1.82, 2.24) is 0 Å². The Morgan fingerprint density at radius 1 is 0.731 bits per heavy atom. The van der Waals surface area contributed by atoms with Gasteiger partial charge in [0.2, 0.25) is 0 Å². The Labute approximate surface area is 149 Å². The smallest absolute Gasteiger partial charge is 0.255 e. The van der Waals surface area contributed by atoms with Crippen molar-refractivity contribution in [3.05, 3.63) is 94.5 Å². The van der Waals surface area contributed by atoms with Gasteiger partial charge in [0.15, 0.2) is 11.6 Å². The van der Waals surface area contributed by atoms with Crippen molar-refractivity contribution in [2.45, 2.75) is 0 Å². The fraction of sp³-hybridized carbons (Fsp3) is 0. The highest BCUT2D eigenvalue weighted by molar-refractivity contribution is 6.31. The van der Waals surface area contributed by atoms with Gasteiger partial charge in [-0.15, -0.1) is 0 Å². The Morgan fingerprint density at radius 3 is 2.04 bits per heavy atom. The van der Waals surface area contributed by atoms with E-state index < -0.39 is 0 Å². The van der Waals surface area contributed by atoms with Gasteiger partial charge >= 0.3 is 0 Å². The van der Waals surface area contributed by atoms with Crippen LogP contribution in [0.25, 0.3) is 0 Å². The maximum Gasteiger partial charge on any atom is 0.255 e. The molecule has 1 amide bonds. The molecule has 4 rings (SSSR count). The van der Waals surface area contributed by atoms with Crippen LogP contribution in [0.3, 0.4) is 0 Å². The van der Waals surface area contributed by atoms with Crippen molar-refractivity contribution in [2.75, 3.05) is 11.1 Å². The number of benzene rings is 3. The van der Waals surface area contributed by atoms with E-state index in [2.05, 4.69) is 5.32 Å². The van der Waals surface area contributed by atoms with Crippen LogP contribution in [0.2, 0.25) is 0 Å². The van der Waals surface area contributed by atoms with Crippen molar-refractivity contribution in [3.63, 3.8) is 0 Å². The van der Waals surface area contributed by atoms with Gasteiger partial charge in [0, 0.05) is 22.3 Å². The van der Waals surface area contributed by atoms with Gasteiger partial charge in [-0.25, -0.2) is 0 Å². The van der Waals surface area contributed by atoms with E-state index in [-0.39, 0.29) is 34.3 Å². The van der Waals surface area contributed by atoms with Crippen LogP contribution in [0.5, 0.6) is 0 Å². The number of anilines is 2. The minimum Gasteiger partial charge on any atom is -0.396 e. The van der Waals surface area contributed by atoms with Gasteiger partial charge in [-0.05, 0) is 24.3 Å². The third-order valence-corrected chi connectivity index (χ3v) is 4.42. The number of carbonyl (C=O) groups is 3. The van der Waals surface area contributed by atoms with E-state index in [1.807, 2.05) is 6.07 Å². The van der Waals surface area contributed by atoms with E-state index in [0.29, 0.717) is 22.4 Å². The van der Waals surface area contributed by atoms with Crippen LogP contribution in [0.4, 0.5) is 11.4 Å². The number of rotatable bonds is 2. The molecule has 0 saturated heterocycles. The lowest BCUT2D eigenvalue weighted by Gasteiger charge is -2.20. The highest BCUT2D eigenvalue weighted by Gasteiger charge is 2.32. The molecule has 126 valence electrons. The molecule has 5 heteroatoms. The number of nitrogens with two attached hydrogens (primary N) is 1. The summed E-state index contributed by atoms with van der Waals surface area (Å²) in [4.78, 5) is 37.9. The SMILES string of the molecule is Nc1c(NC(=O)c2ccccc2)ccc2c1C(=O)c1ccccc1C2=O. The molecule has 26 heavy (non-hydrogen) atoms. The summed E-state index contributed by atoms with van der Waals surface area (Å²) in [5.41, 5.74) is 8.10. The van der Waals surface area contributed by atoms with Crippen molar-refractivity contribution < 1.29 is 14.4 Å². The van der Waals surface area contributed by atoms with Crippen LogP contribution in [0.1, 0.15) is 42.2 Å². The fourth-order valence-corrected chi connectivity index (χ4v) is 3.11. The third kappa shape index (κ3) is 2.38. The summed E-state index contributed by atoms with van der Waals surface area (Å²) in [6.45, 7) is 0. The first-order valence-electron chi connectivity index (χ1n) is 8.05. The summed E-state index contributed by atoms with van der Waals surface area (Å²) < 4.78 is 0. The maximum absolute atomic E-state index is 12.8. The number of nitrogen functional groups attached to an aromatic ring is 1. The van der Waals surface area contributed by atoms with Crippen LogP contribution >= 0.6 is 0 Å². The Bertz CT molecular complexity index is 1070. The molecule has 0 saturated carbocycles. The van der Waals surface area contributed by atoms with Crippen LogP contribution in [-0.4, -0.2) is 17.5 Å². The lowest BCUT2D eigenvalue weighted by atomic mass is 9.83. The Balaban J connectivity index is 1.77. The molecule has 3 aromatic rings. The standard InChI is InChI=1S/C21H14N2O3/c22-18-16(23-21(26)12-6-2-1-3-7-12)11-10-15-17(18)20(25)14-9-5-4-8-13(14)19(15)24/h1-11H,22H2,(H,23,26). The van der Waals surface area contributed by atoms with Crippen molar-refractivity contribution in [2.24, 2.45) is 0 Å². The van der Waals surface area contributed by atoms with Crippen LogP contribution in [0, 0.1) is 0 Å². The molecule has 1 aliphatic rings. The van der Waals surface area contributed by atoms with Gasteiger partial charge in [0.05, 0.1) is 16.9 Å². The minimum absolute atomic E-state index is 0.0969. The minimum atomic E-state index is -0.341. The molecular formula is C21H14N2O3. The van der Waals surface area contributed by atoms with Gasteiger partial charge in [0.1, 0.15) is 0 Å². The molecule has 0 bridgehead atoms. The Kier molecular flexibility index (Phi) is 3.62. The van der Waals surface area contributed by atoms with Crippen molar-refractivity contribution >= 4 is 28.8 Å². The van der Waals surface area contributed by atoms with E-state index in [4.69, 9.17) is 5.73 Å². The number of carbonyl (C=O) groups excluding carboxylic acids is 3. The number of hydrogen-bond donors (Lipinski definition) is 2. The van der Waals surface area contributed by atoms with E-state index >= 15 is 0 Å². The summed E-state index contributed by atoms with van der Waals surface area (Å²) >= 11 is 0. The van der Waals surface area contributed by atoms with Crippen molar-refractivity contribution in [3.8, 4) is 0 Å². The lowest BCUT2D eigenvalue weighted by molar-refractivity contribution is 0.0979. The highest BCUT2D eigenvalue weighted by Crippen LogP contribution is 2.34. The number of fused-ring (bicyclic) bond motifs is 2. The molecule has 0 fully saturated rings. The van der Waals surface area contributed by atoms with E-state index in [1.54, 1.807) is 54.6 Å². The number of amides is 1. The first kappa shape index (κ1) is 15.8. The van der Waals surface area contributed by atoms with Crippen molar-refractivity contribution in [1.29, 1.82) is 0 Å². The fourth-order valence-electron chi connectivity index (χ4n) is 3.11. The maximum atomic E-state index is 12.8. The Morgan fingerprint density at radius 2 is 1.35 bits per heavy atom. The molecule has 0 spiro atoms. The van der Waals surface area contributed by atoms with E-state index in [9.17, 15) is 14.4 Å². The van der Waals surface area contributed by atoms with Crippen LogP contribution < -0.4 is 11.1 Å². The number of ketones is 2. The molecule has 0 unspecified atom stereocenters.